The predicted octanol–water partition coefficient (Wildman–Crippen LogP) is 15.3. The number of carbonyl (C=O) groups is 1. The van der Waals surface area contributed by atoms with Gasteiger partial charge in [0.2, 0.25) is 5.91 Å². The van der Waals surface area contributed by atoms with Gasteiger partial charge in [0.15, 0.2) is 0 Å². The highest BCUT2D eigenvalue weighted by Gasteiger charge is 2.26. The highest BCUT2D eigenvalue weighted by Crippen LogP contribution is 2.16. The first-order valence-corrected chi connectivity index (χ1v) is 25.6. The van der Waals surface area contributed by atoms with Crippen LogP contribution >= 0.6 is 0 Å². The quantitative estimate of drug-likeness (QED) is 0.0364. The third-order valence-electron chi connectivity index (χ3n) is 12.0. The number of hydrogen-bond donors (Lipinski definition) is 4. The van der Waals surface area contributed by atoms with Gasteiger partial charge in [0.25, 0.3) is 0 Å². The topological polar surface area (TPSA) is 89.8 Å². The Bertz CT molecular complexity index is 844. The van der Waals surface area contributed by atoms with Gasteiger partial charge in [0.1, 0.15) is 6.10 Å². The van der Waals surface area contributed by atoms with Crippen molar-refractivity contribution in [1.29, 1.82) is 0 Å². The minimum absolute atomic E-state index is 0.153. The smallest absolute Gasteiger partial charge is 0.220 e. The molecule has 338 valence electrons. The van der Waals surface area contributed by atoms with E-state index in [-0.39, 0.29) is 12.5 Å². The molecule has 0 aliphatic rings. The van der Waals surface area contributed by atoms with Crippen molar-refractivity contribution in [3.05, 3.63) is 24.3 Å². The Balaban J connectivity index is 3.59. The minimum Gasteiger partial charge on any atom is -0.394 e. The van der Waals surface area contributed by atoms with Crippen LogP contribution in [0.15, 0.2) is 24.3 Å². The molecule has 0 aliphatic heterocycles. The van der Waals surface area contributed by atoms with Crippen LogP contribution in [0.3, 0.4) is 0 Å². The van der Waals surface area contributed by atoms with Gasteiger partial charge in [-0.1, -0.05) is 231 Å². The Morgan fingerprint density at radius 2 is 0.702 bits per heavy atom. The molecule has 3 atom stereocenters. The van der Waals surface area contributed by atoms with Crippen LogP contribution in [0.5, 0.6) is 0 Å². The number of unbranched alkanes of at least 4 members (excludes halogenated alkanes) is 35. The monoisotopic (exact) mass is 804 g/mol. The molecule has 0 aliphatic carbocycles. The fraction of sp³-hybridized carbons (Fsp3) is 0.904. The summed E-state index contributed by atoms with van der Waals surface area (Å²) in [5, 5.41) is 33.6. The first-order valence-electron chi connectivity index (χ1n) is 25.6. The molecule has 4 N–H and O–H groups in total. The summed E-state index contributed by atoms with van der Waals surface area (Å²) in [5.74, 6) is -0.153. The lowest BCUT2D eigenvalue weighted by atomic mass is 10.0. The number of allylic oxidation sites excluding steroid dienone is 4. The van der Waals surface area contributed by atoms with E-state index in [1.807, 2.05) is 0 Å². The third-order valence-corrected chi connectivity index (χ3v) is 12.0. The zero-order valence-corrected chi connectivity index (χ0v) is 38.5. The summed E-state index contributed by atoms with van der Waals surface area (Å²) in [7, 11) is 0. The van der Waals surface area contributed by atoms with Crippen LogP contribution in [0.1, 0.15) is 277 Å². The highest BCUT2D eigenvalue weighted by molar-refractivity contribution is 5.76. The van der Waals surface area contributed by atoms with Crippen molar-refractivity contribution in [2.24, 2.45) is 0 Å². The molecule has 0 aromatic heterocycles. The predicted molar refractivity (Wildman–Crippen MR) is 250 cm³/mol. The second-order valence-electron chi connectivity index (χ2n) is 17.7. The standard InChI is InChI=1S/C52H101NO4/c1-3-5-7-9-11-13-15-17-19-21-23-24-25-26-27-28-29-31-33-35-37-39-41-43-45-47-51(56)53-49(48-54)52(57)50(55)46-44-42-40-38-36-34-32-30-22-20-18-16-14-12-10-8-6-4-2/h26-27,38,40,49-50,52,54-55,57H,3-25,28-37,39,41-48H2,1-2H3,(H,53,56)/b27-26-,40-38+. The summed E-state index contributed by atoms with van der Waals surface area (Å²) < 4.78 is 0. The number of carbonyl (C=O) groups excluding carboxylic acids is 1. The van der Waals surface area contributed by atoms with Crippen molar-refractivity contribution < 1.29 is 20.1 Å². The van der Waals surface area contributed by atoms with E-state index in [4.69, 9.17) is 0 Å². The van der Waals surface area contributed by atoms with E-state index in [1.165, 1.54) is 212 Å². The van der Waals surface area contributed by atoms with Crippen LogP contribution < -0.4 is 5.32 Å². The largest absolute Gasteiger partial charge is 0.394 e. The Labute approximate surface area is 356 Å². The molecule has 5 nitrogen and oxygen atoms in total. The molecule has 0 aromatic carbocycles. The van der Waals surface area contributed by atoms with Crippen LogP contribution in [0.4, 0.5) is 0 Å². The maximum absolute atomic E-state index is 12.5. The van der Waals surface area contributed by atoms with Gasteiger partial charge in [0, 0.05) is 6.42 Å². The molecule has 0 aromatic rings. The first-order chi connectivity index (χ1) is 28.1. The maximum atomic E-state index is 12.5. The minimum atomic E-state index is -1.16. The van der Waals surface area contributed by atoms with Crippen molar-refractivity contribution in [2.45, 2.75) is 295 Å². The first kappa shape index (κ1) is 55.8. The molecular weight excluding hydrogens is 703 g/mol. The SMILES string of the molecule is CCCCCCCCCCCCCC/C=C\CCCCCCCCCCCC(=O)NC(CO)C(O)C(O)CCC/C=C/CCCCCCCCCCCCCCC. The van der Waals surface area contributed by atoms with E-state index < -0.39 is 18.2 Å². The van der Waals surface area contributed by atoms with Crippen molar-refractivity contribution in [1.82, 2.24) is 5.32 Å². The molecule has 0 spiro atoms. The molecule has 3 unspecified atom stereocenters. The summed E-state index contributed by atoms with van der Waals surface area (Å²) in [6.07, 6.45) is 58.8. The number of amides is 1. The average Bonchev–Trinajstić information content (AvgIpc) is 3.22. The van der Waals surface area contributed by atoms with Gasteiger partial charge in [0.05, 0.1) is 18.8 Å². The Hall–Kier alpha value is -1.17. The van der Waals surface area contributed by atoms with Gasteiger partial charge >= 0.3 is 0 Å². The van der Waals surface area contributed by atoms with Crippen molar-refractivity contribution in [3.63, 3.8) is 0 Å². The van der Waals surface area contributed by atoms with Crippen LogP contribution in [-0.4, -0.2) is 46.1 Å². The molecule has 0 saturated carbocycles. The van der Waals surface area contributed by atoms with Crippen LogP contribution in [-0.2, 0) is 4.79 Å². The van der Waals surface area contributed by atoms with Crippen LogP contribution in [0.2, 0.25) is 0 Å². The summed E-state index contributed by atoms with van der Waals surface area (Å²) in [4.78, 5) is 12.5. The van der Waals surface area contributed by atoms with Gasteiger partial charge in [-0.2, -0.15) is 0 Å². The lowest BCUT2D eigenvalue weighted by Crippen LogP contribution is -2.50. The van der Waals surface area contributed by atoms with Crippen molar-refractivity contribution in [3.8, 4) is 0 Å². The second-order valence-corrected chi connectivity index (χ2v) is 17.7. The Morgan fingerprint density at radius 3 is 1.02 bits per heavy atom. The lowest BCUT2D eigenvalue weighted by molar-refractivity contribution is -0.124. The normalized spacial score (nSPS) is 13.6. The van der Waals surface area contributed by atoms with Gasteiger partial charge in [-0.15, -0.1) is 0 Å². The van der Waals surface area contributed by atoms with Crippen molar-refractivity contribution in [2.75, 3.05) is 6.61 Å². The molecule has 5 heteroatoms. The van der Waals surface area contributed by atoms with Crippen LogP contribution in [0.25, 0.3) is 0 Å². The maximum Gasteiger partial charge on any atom is 0.220 e. The fourth-order valence-electron chi connectivity index (χ4n) is 8.04. The second kappa shape index (κ2) is 47.5. The van der Waals surface area contributed by atoms with E-state index in [0.717, 1.165) is 38.5 Å². The molecule has 0 rings (SSSR count). The zero-order valence-electron chi connectivity index (χ0n) is 38.5. The highest BCUT2D eigenvalue weighted by atomic mass is 16.3. The van der Waals surface area contributed by atoms with Crippen LogP contribution in [0, 0.1) is 0 Å². The van der Waals surface area contributed by atoms with Crippen molar-refractivity contribution >= 4 is 5.91 Å². The van der Waals surface area contributed by atoms with Gasteiger partial charge in [-0.25, -0.2) is 0 Å². The molecule has 0 heterocycles. The average molecular weight is 804 g/mol. The lowest BCUT2D eigenvalue weighted by Gasteiger charge is -2.26. The number of aliphatic hydroxyl groups is 3. The van der Waals surface area contributed by atoms with E-state index in [1.54, 1.807) is 0 Å². The summed E-state index contributed by atoms with van der Waals surface area (Å²) in [5.41, 5.74) is 0. The van der Waals surface area contributed by atoms with Gasteiger partial charge in [-0.05, 0) is 64.2 Å². The summed E-state index contributed by atoms with van der Waals surface area (Å²) in [6, 6.07) is -0.826. The molecule has 0 fully saturated rings. The number of hydrogen-bond acceptors (Lipinski definition) is 4. The van der Waals surface area contributed by atoms with E-state index in [9.17, 15) is 20.1 Å². The Morgan fingerprint density at radius 1 is 0.421 bits per heavy atom. The molecular formula is C52H101NO4. The Kier molecular flexibility index (Phi) is 46.5. The molecule has 0 radical (unpaired) electrons. The number of aliphatic hydroxyl groups excluding tert-OH is 3. The number of rotatable bonds is 47. The zero-order chi connectivity index (χ0) is 41.5. The third kappa shape index (κ3) is 42.8. The molecule has 0 saturated heterocycles. The van der Waals surface area contributed by atoms with Gasteiger partial charge < -0.3 is 20.6 Å². The number of nitrogens with one attached hydrogen (secondary N) is 1. The summed E-state index contributed by atoms with van der Waals surface area (Å²) in [6.45, 7) is 4.19. The fourth-order valence-corrected chi connectivity index (χ4v) is 8.04. The molecule has 0 bridgehead atoms. The van der Waals surface area contributed by atoms with E-state index in [0.29, 0.717) is 12.8 Å². The van der Waals surface area contributed by atoms with E-state index >= 15 is 0 Å². The molecule has 1 amide bonds. The van der Waals surface area contributed by atoms with Gasteiger partial charge in [-0.3, -0.25) is 4.79 Å². The summed E-state index contributed by atoms with van der Waals surface area (Å²) >= 11 is 0. The molecule has 57 heavy (non-hydrogen) atoms. The van der Waals surface area contributed by atoms with E-state index in [2.05, 4.69) is 43.5 Å².